The van der Waals surface area contributed by atoms with Gasteiger partial charge in [-0.25, -0.2) is 4.39 Å². The number of carbonyl (C=O) groups excluding carboxylic acids is 2. The molecule has 6 heteroatoms. The number of carbonyl (C=O) groups is 2. The molecule has 140 valence electrons. The van der Waals surface area contributed by atoms with E-state index >= 15 is 0 Å². The van der Waals surface area contributed by atoms with Crippen molar-refractivity contribution in [1.82, 2.24) is 15.6 Å². The number of halogens is 1. The third-order valence-electron chi connectivity index (χ3n) is 4.27. The lowest BCUT2D eigenvalue weighted by molar-refractivity contribution is -0.123. The Morgan fingerprint density at radius 3 is 2.48 bits per heavy atom. The van der Waals surface area contributed by atoms with Crippen LogP contribution in [0.25, 0.3) is 10.9 Å². The SMILES string of the molecule is CC(C)NC(=O)[C@@H](Cc1c[nH]c2ccccc12)NC(=O)c1ccccc1F. The van der Waals surface area contributed by atoms with E-state index in [1.165, 1.54) is 18.2 Å². The number of rotatable bonds is 6. The summed E-state index contributed by atoms with van der Waals surface area (Å²) in [4.78, 5) is 28.3. The van der Waals surface area contributed by atoms with Crippen molar-refractivity contribution in [2.45, 2.75) is 32.4 Å². The Bertz CT molecular complexity index is 965. The van der Waals surface area contributed by atoms with Gasteiger partial charge in [0.05, 0.1) is 5.56 Å². The van der Waals surface area contributed by atoms with E-state index in [4.69, 9.17) is 0 Å². The molecule has 0 aliphatic rings. The maximum atomic E-state index is 13.9. The molecule has 3 rings (SSSR count). The van der Waals surface area contributed by atoms with Gasteiger partial charge in [0.2, 0.25) is 5.91 Å². The molecule has 0 saturated heterocycles. The minimum Gasteiger partial charge on any atom is -0.361 e. The normalized spacial score (nSPS) is 12.1. The highest BCUT2D eigenvalue weighted by molar-refractivity contribution is 5.98. The van der Waals surface area contributed by atoms with Gasteiger partial charge < -0.3 is 15.6 Å². The van der Waals surface area contributed by atoms with Crippen molar-refractivity contribution in [2.75, 3.05) is 0 Å². The topological polar surface area (TPSA) is 74.0 Å². The quantitative estimate of drug-likeness (QED) is 0.626. The van der Waals surface area contributed by atoms with E-state index in [1.54, 1.807) is 6.07 Å². The fraction of sp³-hybridized carbons (Fsp3) is 0.238. The van der Waals surface area contributed by atoms with Crippen LogP contribution in [0.5, 0.6) is 0 Å². The third kappa shape index (κ3) is 4.34. The maximum absolute atomic E-state index is 13.9. The molecule has 0 aliphatic carbocycles. The Morgan fingerprint density at radius 2 is 1.74 bits per heavy atom. The molecule has 2 amide bonds. The van der Waals surface area contributed by atoms with E-state index < -0.39 is 17.8 Å². The van der Waals surface area contributed by atoms with Gasteiger partial charge in [-0.1, -0.05) is 30.3 Å². The van der Waals surface area contributed by atoms with Crippen LogP contribution in [0.4, 0.5) is 4.39 Å². The van der Waals surface area contributed by atoms with Crippen molar-refractivity contribution >= 4 is 22.7 Å². The number of amides is 2. The van der Waals surface area contributed by atoms with Gasteiger partial charge in [0.25, 0.3) is 5.91 Å². The van der Waals surface area contributed by atoms with Crippen LogP contribution in [-0.4, -0.2) is 28.9 Å². The molecule has 0 radical (unpaired) electrons. The Balaban J connectivity index is 1.86. The molecule has 0 aliphatic heterocycles. The molecular formula is C21H22FN3O2. The Hall–Kier alpha value is -3.15. The lowest BCUT2D eigenvalue weighted by Gasteiger charge is -2.20. The van der Waals surface area contributed by atoms with Crippen LogP contribution < -0.4 is 10.6 Å². The van der Waals surface area contributed by atoms with Gasteiger partial charge in [0, 0.05) is 29.6 Å². The summed E-state index contributed by atoms with van der Waals surface area (Å²) in [6, 6.07) is 12.6. The average molecular weight is 367 g/mol. The Kier molecular flexibility index (Phi) is 5.54. The van der Waals surface area contributed by atoms with Crippen LogP contribution >= 0.6 is 0 Å². The first-order valence-corrected chi connectivity index (χ1v) is 8.86. The third-order valence-corrected chi connectivity index (χ3v) is 4.27. The lowest BCUT2D eigenvalue weighted by atomic mass is 10.0. The van der Waals surface area contributed by atoms with E-state index in [9.17, 15) is 14.0 Å². The number of fused-ring (bicyclic) bond motifs is 1. The zero-order valence-electron chi connectivity index (χ0n) is 15.3. The molecule has 1 aromatic heterocycles. The molecule has 0 saturated carbocycles. The number of aromatic amines is 1. The number of benzene rings is 2. The summed E-state index contributed by atoms with van der Waals surface area (Å²) < 4.78 is 13.9. The molecule has 1 atom stereocenters. The van der Waals surface area contributed by atoms with Gasteiger partial charge in [-0.2, -0.15) is 0 Å². The van der Waals surface area contributed by atoms with Crippen molar-refractivity contribution < 1.29 is 14.0 Å². The van der Waals surface area contributed by atoms with Crippen molar-refractivity contribution in [3.8, 4) is 0 Å². The second kappa shape index (κ2) is 8.03. The van der Waals surface area contributed by atoms with Gasteiger partial charge in [0.15, 0.2) is 0 Å². The Morgan fingerprint density at radius 1 is 1.04 bits per heavy atom. The average Bonchev–Trinajstić information content (AvgIpc) is 3.04. The van der Waals surface area contributed by atoms with Crippen LogP contribution in [0.3, 0.4) is 0 Å². The zero-order valence-corrected chi connectivity index (χ0v) is 15.3. The van der Waals surface area contributed by atoms with E-state index in [0.29, 0.717) is 6.42 Å². The fourth-order valence-corrected chi connectivity index (χ4v) is 3.00. The largest absolute Gasteiger partial charge is 0.361 e. The summed E-state index contributed by atoms with van der Waals surface area (Å²) in [6.45, 7) is 3.69. The van der Waals surface area contributed by atoms with E-state index in [1.807, 2.05) is 44.3 Å². The minimum atomic E-state index is -0.821. The second-order valence-corrected chi connectivity index (χ2v) is 6.73. The highest BCUT2D eigenvalue weighted by Gasteiger charge is 2.24. The van der Waals surface area contributed by atoms with Crippen molar-refractivity contribution in [3.05, 3.63) is 71.7 Å². The van der Waals surface area contributed by atoms with Crippen molar-refractivity contribution in [1.29, 1.82) is 0 Å². The van der Waals surface area contributed by atoms with E-state index in [0.717, 1.165) is 16.5 Å². The molecule has 5 nitrogen and oxygen atoms in total. The van der Waals surface area contributed by atoms with Crippen LogP contribution in [0.1, 0.15) is 29.8 Å². The van der Waals surface area contributed by atoms with Crippen molar-refractivity contribution in [3.63, 3.8) is 0 Å². The standard InChI is InChI=1S/C21H22FN3O2/c1-13(2)24-21(27)19(25-20(26)16-8-3-5-9-17(16)22)11-14-12-23-18-10-6-4-7-15(14)18/h3-10,12-13,19,23H,11H2,1-2H3,(H,24,27)(H,25,26)/t19-/m1/s1. The number of nitrogens with one attached hydrogen (secondary N) is 3. The summed E-state index contributed by atoms with van der Waals surface area (Å²) in [7, 11) is 0. The number of para-hydroxylation sites is 1. The van der Waals surface area contributed by atoms with Gasteiger partial charge in [-0.05, 0) is 37.6 Å². The summed E-state index contributed by atoms with van der Waals surface area (Å²) in [6.07, 6.45) is 2.12. The van der Waals surface area contributed by atoms with E-state index in [-0.39, 0.29) is 17.5 Å². The highest BCUT2D eigenvalue weighted by Crippen LogP contribution is 2.19. The Labute approximate surface area is 157 Å². The summed E-state index contributed by atoms with van der Waals surface area (Å²) in [5.41, 5.74) is 1.78. The molecule has 0 unspecified atom stereocenters. The number of H-pyrrole nitrogens is 1. The monoisotopic (exact) mass is 367 g/mol. The van der Waals surface area contributed by atoms with Crippen LogP contribution in [0.2, 0.25) is 0 Å². The van der Waals surface area contributed by atoms with Crippen LogP contribution in [0, 0.1) is 5.82 Å². The first-order chi connectivity index (χ1) is 13.0. The molecule has 0 fully saturated rings. The summed E-state index contributed by atoms with van der Waals surface area (Å²) in [5, 5.41) is 6.48. The summed E-state index contributed by atoms with van der Waals surface area (Å²) >= 11 is 0. The van der Waals surface area contributed by atoms with Crippen LogP contribution in [-0.2, 0) is 11.2 Å². The molecule has 2 aromatic carbocycles. The first kappa shape index (κ1) is 18.6. The predicted octanol–water partition coefficient (Wildman–Crippen LogP) is 3.17. The molecule has 0 spiro atoms. The predicted molar refractivity (Wildman–Crippen MR) is 103 cm³/mol. The lowest BCUT2D eigenvalue weighted by Crippen LogP contribution is -2.49. The van der Waals surface area contributed by atoms with Crippen molar-refractivity contribution in [2.24, 2.45) is 0 Å². The fourth-order valence-electron chi connectivity index (χ4n) is 3.00. The molecule has 1 heterocycles. The maximum Gasteiger partial charge on any atom is 0.254 e. The van der Waals surface area contributed by atoms with Gasteiger partial charge in [-0.3, -0.25) is 9.59 Å². The number of hydrogen-bond acceptors (Lipinski definition) is 2. The van der Waals surface area contributed by atoms with E-state index in [2.05, 4.69) is 15.6 Å². The van der Waals surface area contributed by atoms with Gasteiger partial charge in [0.1, 0.15) is 11.9 Å². The summed E-state index contributed by atoms with van der Waals surface area (Å²) in [5.74, 6) is -1.54. The zero-order chi connectivity index (χ0) is 19.4. The molecule has 3 N–H and O–H groups in total. The van der Waals surface area contributed by atoms with Crippen LogP contribution in [0.15, 0.2) is 54.7 Å². The highest BCUT2D eigenvalue weighted by atomic mass is 19.1. The number of aromatic nitrogens is 1. The van der Waals surface area contributed by atoms with Gasteiger partial charge >= 0.3 is 0 Å². The molecule has 27 heavy (non-hydrogen) atoms. The first-order valence-electron chi connectivity index (χ1n) is 8.86. The number of hydrogen-bond donors (Lipinski definition) is 3. The molecule has 0 bridgehead atoms. The second-order valence-electron chi connectivity index (χ2n) is 6.73. The van der Waals surface area contributed by atoms with Gasteiger partial charge in [-0.15, -0.1) is 0 Å². The minimum absolute atomic E-state index is 0.0756. The molecule has 3 aromatic rings. The smallest absolute Gasteiger partial charge is 0.254 e. The molecular weight excluding hydrogens is 345 g/mol.